The third kappa shape index (κ3) is 4.90. The molecule has 2 aliphatic carbocycles. The fourth-order valence-electron chi connectivity index (χ4n) is 5.67. The summed E-state index contributed by atoms with van der Waals surface area (Å²) in [4.78, 5) is 38.6. The molecule has 0 saturated heterocycles. The monoisotopic (exact) mass is 480 g/mol. The number of rotatable bonds is 7. The third-order valence-electron chi connectivity index (χ3n) is 7.79. The quantitative estimate of drug-likeness (QED) is 0.156. The van der Waals surface area contributed by atoms with E-state index in [0.29, 0.717) is 28.4 Å². The molecule has 0 heterocycles. The summed E-state index contributed by atoms with van der Waals surface area (Å²) in [6.07, 6.45) is 10.4. The van der Waals surface area contributed by atoms with Crippen LogP contribution in [0.5, 0.6) is 5.75 Å². The van der Waals surface area contributed by atoms with Crippen molar-refractivity contribution in [1.29, 1.82) is 0 Å². The first kappa shape index (κ1) is 24.2. The Morgan fingerprint density at radius 3 is 2.08 bits per heavy atom. The first-order valence-electron chi connectivity index (χ1n) is 13.2. The smallest absolute Gasteiger partial charge is 0.343 e. The molecule has 1 fully saturated rings. The van der Waals surface area contributed by atoms with Crippen LogP contribution in [-0.2, 0) is 0 Å². The Morgan fingerprint density at radius 1 is 0.778 bits per heavy atom. The lowest BCUT2D eigenvalue weighted by atomic mass is 9.77. The molecule has 0 aliphatic heterocycles. The van der Waals surface area contributed by atoms with E-state index in [1.807, 2.05) is 12.1 Å². The second-order valence-electron chi connectivity index (χ2n) is 10.1. The van der Waals surface area contributed by atoms with Gasteiger partial charge in [-0.05, 0) is 73.4 Å². The molecule has 36 heavy (non-hydrogen) atoms. The predicted octanol–water partition coefficient (Wildman–Crippen LogP) is 7.54. The lowest BCUT2D eigenvalue weighted by Crippen LogP contribution is -2.22. The van der Waals surface area contributed by atoms with Gasteiger partial charge < -0.3 is 4.74 Å². The normalized spacial score (nSPS) is 18.9. The molecule has 0 amide bonds. The van der Waals surface area contributed by atoms with Crippen LogP contribution in [0.4, 0.5) is 0 Å². The molecule has 0 unspecified atom stereocenters. The summed E-state index contributed by atoms with van der Waals surface area (Å²) in [5.74, 6) is 0.925. The van der Waals surface area contributed by atoms with E-state index < -0.39 is 5.97 Å². The van der Waals surface area contributed by atoms with Crippen LogP contribution < -0.4 is 4.74 Å². The fraction of sp³-hybridized carbons (Fsp3) is 0.344. The molecule has 4 nitrogen and oxygen atoms in total. The van der Waals surface area contributed by atoms with Gasteiger partial charge in [0.25, 0.3) is 0 Å². The first-order chi connectivity index (χ1) is 17.5. The van der Waals surface area contributed by atoms with Gasteiger partial charge in [-0.1, -0.05) is 69.0 Å². The minimum Gasteiger partial charge on any atom is -0.423 e. The van der Waals surface area contributed by atoms with Crippen LogP contribution in [0, 0.1) is 5.92 Å². The van der Waals surface area contributed by atoms with Gasteiger partial charge in [0.05, 0.1) is 5.56 Å². The highest BCUT2D eigenvalue weighted by Gasteiger charge is 2.30. The number of ether oxygens (including phenoxy) is 1. The summed E-state index contributed by atoms with van der Waals surface area (Å²) >= 11 is 0. The number of unbranched alkanes of at least 4 members (excludes halogenated alkanes) is 2. The Hall–Kier alpha value is -3.53. The zero-order valence-corrected chi connectivity index (χ0v) is 20.8. The van der Waals surface area contributed by atoms with Crippen molar-refractivity contribution in [2.75, 3.05) is 0 Å². The van der Waals surface area contributed by atoms with Crippen molar-refractivity contribution in [2.24, 2.45) is 5.92 Å². The van der Waals surface area contributed by atoms with Gasteiger partial charge >= 0.3 is 5.97 Å². The number of hydrogen-bond acceptors (Lipinski definition) is 4. The highest BCUT2D eigenvalue weighted by molar-refractivity contribution is 6.28. The molecule has 0 spiro atoms. The number of hydrogen-bond donors (Lipinski definition) is 0. The van der Waals surface area contributed by atoms with Crippen molar-refractivity contribution >= 4 is 17.5 Å². The number of carbonyl (C=O) groups is 3. The Kier molecular flexibility index (Phi) is 7.13. The maximum absolute atomic E-state index is 13.0. The Labute approximate surface area is 212 Å². The maximum Gasteiger partial charge on any atom is 0.343 e. The molecular weight excluding hydrogens is 448 g/mol. The van der Waals surface area contributed by atoms with Crippen LogP contribution in [0.1, 0.15) is 112 Å². The molecule has 2 aliphatic rings. The number of ketones is 2. The van der Waals surface area contributed by atoms with Crippen LogP contribution in [-0.4, -0.2) is 17.5 Å². The fourth-order valence-corrected chi connectivity index (χ4v) is 5.67. The Bertz CT molecular complexity index is 1280. The van der Waals surface area contributed by atoms with Gasteiger partial charge in [0, 0.05) is 22.3 Å². The molecule has 1 saturated carbocycles. The lowest BCUT2D eigenvalue weighted by molar-refractivity contribution is 0.0734. The molecule has 0 N–H and O–H groups in total. The van der Waals surface area contributed by atoms with Gasteiger partial charge in [-0.15, -0.1) is 0 Å². The minimum absolute atomic E-state index is 0.203. The summed E-state index contributed by atoms with van der Waals surface area (Å²) in [5, 5.41) is 0. The van der Waals surface area contributed by atoms with E-state index in [1.54, 1.807) is 36.4 Å². The molecule has 3 aromatic rings. The number of esters is 1. The summed E-state index contributed by atoms with van der Waals surface area (Å²) in [6.45, 7) is 2.26. The van der Waals surface area contributed by atoms with Crippen molar-refractivity contribution in [3.8, 4) is 5.75 Å². The van der Waals surface area contributed by atoms with Crippen LogP contribution in [0.25, 0.3) is 0 Å². The van der Waals surface area contributed by atoms with Gasteiger partial charge in [0.15, 0.2) is 11.6 Å². The van der Waals surface area contributed by atoms with E-state index in [4.69, 9.17) is 4.74 Å². The molecule has 4 heteroatoms. The van der Waals surface area contributed by atoms with Crippen molar-refractivity contribution in [3.05, 3.63) is 100 Å². The first-order valence-corrected chi connectivity index (χ1v) is 13.2. The molecule has 0 atom stereocenters. The molecule has 5 rings (SSSR count). The summed E-state index contributed by atoms with van der Waals surface area (Å²) in [5.41, 5.74) is 2.88. The lowest BCUT2D eigenvalue weighted by Gasteiger charge is -2.29. The highest BCUT2D eigenvalue weighted by atomic mass is 16.5. The van der Waals surface area contributed by atoms with Gasteiger partial charge in [-0.3, -0.25) is 9.59 Å². The summed E-state index contributed by atoms with van der Waals surface area (Å²) in [6, 6.07) is 19.2. The summed E-state index contributed by atoms with van der Waals surface area (Å²) < 4.78 is 5.60. The van der Waals surface area contributed by atoms with E-state index in [1.165, 1.54) is 63.0 Å². The highest BCUT2D eigenvalue weighted by Crippen LogP contribution is 2.38. The molecule has 0 aromatic heterocycles. The number of benzene rings is 3. The third-order valence-corrected chi connectivity index (χ3v) is 7.79. The zero-order valence-electron chi connectivity index (χ0n) is 20.8. The van der Waals surface area contributed by atoms with Crippen LogP contribution in [0.3, 0.4) is 0 Å². The largest absolute Gasteiger partial charge is 0.423 e. The van der Waals surface area contributed by atoms with Gasteiger partial charge in [0.2, 0.25) is 0 Å². The second kappa shape index (κ2) is 10.6. The standard InChI is InChI=1S/C32H32O4/c1-2-3-4-7-21-10-12-22(13-11-21)23-14-17-25(18-15-23)36-32(35)24-16-19-28-29(20-24)31(34)27-9-6-5-8-26(27)30(28)33/h5-6,8-9,14-22H,2-4,7,10-13H2,1H3. The second-order valence-corrected chi connectivity index (χ2v) is 10.1. The van der Waals surface area contributed by atoms with Crippen molar-refractivity contribution < 1.29 is 19.1 Å². The van der Waals surface area contributed by atoms with Gasteiger partial charge in [-0.25, -0.2) is 4.79 Å². The van der Waals surface area contributed by atoms with Crippen LogP contribution in [0.15, 0.2) is 66.7 Å². The van der Waals surface area contributed by atoms with E-state index in [2.05, 4.69) is 19.1 Å². The van der Waals surface area contributed by atoms with Crippen LogP contribution >= 0.6 is 0 Å². The van der Waals surface area contributed by atoms with Crippen LogP contribution in [0.2, 0.25) is 0 Å². The molecule has 0 bridgehead atoms. The van der Waals surface area contributed by atoms with Crippen molar-refractivity contribution in [1.82, 2.24) is 0 Å². The molecule has 3 aromatic carbocycles. The molecule has 0 radical (unpaired) electrons. The predicted molar refractivity (Wildman–Crippen MR) is 140 cm³/mol. The van der Waals surface area contributed by atoms with Gasteiger partial charge in [-0.2, -0.15) is 0 Å². The van der Waals surface area contributed by atoms with Crippen molar-refractivity contribution in [3.63, 3.8) is 0 Å². The number of fused-ring (bicyclic) bond motifs is 2. The van der Waals surface area contributed by atoms with E-state index in [0.717, 1.165) is 5.92 Å². The average molecular weight is 481 g/mol. The van der Waals surface area contributed by atoms with Crippen molar-refractivity contribution in [2.45, 2.75) is 64.2 Å². The molecule has 184 valence electrons. The maximum atomic E-state index is 13.0. The van der Waals surface area contributed by atoms with E-state index >= 15 is 0 Å². The average Bonchev–Trinajstić information content (AvgIpc) is 2.92. The minimum atomic E-state index is -0.544. The molecular formula is C32H32O4. The summed E-state index contributed by atoms with van der Waals surface area (Å²) in [7, 11) is 0. The Balaban J connectivity index is 1.22. The Morgan fingerprint density at radius 2 is 1.42 bits per heavy atom. The topological polar surface area (TPSA) is 60.4 Å². The van der Waals surface area contributed by atoms with E-state index in [9.17, 15) is 14.4 Å². The van der Waals surface area contributed by atoms with Gasteiger partial charge in [0.1, 0.15) is 5.75 Å². The zero-order chi connectivity index (χ0) is 25.1. The SMILES string of the molecule is CCCCCC1CCC(c2ccc(OC(=O)c3ccc4c(c3)C(=O)c3ccccc3C4=O)cc2)CC1. The number of carbonyl (C=O) groups excluding carboxylic acids is 3. The van der Waals surface area contributed by atoms with E-state index in [-0.39, 0.29) is 22.7 Å².